The number of likely N-dealkylation sites (N-methyl/N-ethyl adjacent to an activating group) is 1. The molecule has 0 aliphatic heterocycles. The molecule has 1 saturated carbocycles. The predicted octanol–water partition coefficient (Wildman–Crippen LogP) is 3.23. The number of alkyl halides is 2. The maximum atomic E-state index is 12.3. The first-order valence-corrected chi connectivity index (χ1v) is 7.50. The van der Waals surface area contributed by atoms with Gasteiger partial charge < -0.3 is 15.0 Å². The van der Waals surface area contributed by atoms with Crippen LogP contribution in [0.1, 0.15) is 18.4 Å². The highest BCUT2D eigenvalue weighted by molar-refractivity contribution is 9.10. The monoisotopic (exact) mass is 348 g/mol. The third-order valence-electron chi connectivity index (χ3n) is 3.37. The number of hydrogen-bond acceptors (Lipinski definition) is 3. The van der Waals surface area contributed by atoms with Gasteiger partial charge in [0.05, 0.1) is 0 Å². The van der Waals surface area contributed by atoms with Crippen molar-refractivity contribution in [3.05, 3.63) is 28.2 Å². The van der Waals surface area contributed by atoms with Gasteiger partial charge in [-0.3, -0.25) is 0 Å². The Morgan fingerprint density at radius 2 is 2.20 bits per heavy atom. The van der Waals surface area contributed by atoms with Crippen molar-refractivity contribution in [3.63, 3.8) is 0 Å². The molecule has 0 amide bonds. The van der Waals surface area contributed by atoms with Gasteiger partial charge in [0, 0.05) is 35.7 Å². The van der Waals surface area contributed by atoms with E-state index in [1.54, 1.807) is 18.2 Å². The number of benzene rings is 1. The van der Waals surface area contributed by atoms with E-state index in [2.05, 4.69) is 37.9 Å². The van der Waals surface area contributed by atoms with Crippen molar-refractivity contribution in [2.75, 3.05) is 20.1 Å². The van der Waals surface area contributed by atoms with E-state index in [1.807, 2.05) is 0 Å². The van der Waals surface area contributed by atoms with Gasteiger partial charge in [0.15, 0.2) is 0 Å². The van der Waals surface area contributed by atoms with Crippen LogP contribution >= 0.6 is 15.9 Å². The average Bonchev–Trinajstić information content (AvgIpc) is 3.21. The zero-order valence-electron chi connectivity index (χ0n) is 11.4. The molecule has 1 fully saturated rings. The zero-order chi connectivity index (χ0) is 14.5. The lowest BCUT2D eigenvalue weighted by Gasteiger charge is -2.16. The summed E-state index contributed by atoms with van der Waals surface area (Å²) in [4.78, 5) is 2.32. The second-order valence-corrected chi connectivity index (χ2v) is 5.93. The summed E-state index contributed by atoms with van der Waals surface area (Å²) in [7, 11) is 2.11. The molecular weight excluding hydrogens is 330 g/mol. The van der Waals surface area contributed by atoms with Gasteiger partial charge in [0.1, 0.15) is 5.75 Å². The van der Waals surface area contributed by atoms with Gasteiger partial charge in [-0.1, -0.05) is 15.9 Å². The van der Waals surface area contributed by atoms with Crippen LogP contribution in [-0.4, -0.2) is 37.7 Å². The molecule has 112 valence electrons. The van der Waals surface area contributed by atoms with Crippen molar-refractivity contribution in [2.24, 2.45) is 0 Å². The van der Waals surface area contributed by atoms with Crippen molar-refractivity contribution in [2.45, 2.75) is 32.0 Å². The molecule has 2 rings (SSSR count). The Morgan fingerprint density at radius 1 is 1.45 bits per heavy atom. The summed E-state index contributed by atoms with van der Waals surface area (Å²) in [5, 5.41) is 3.27. The van der Waals surface area contributed by atoms with Crippen molar-refractivity contribution in [1.29, 1.82) is 0 Å². The van der Waals surface area contributed by atoms with Gasteiger partial charge in [-0.25, -0.2) is 0 Å². The topological polar surface area (TPSA) is 24.5 Å². The standard InChI is InChI=1S/C14H19BrF2N2O/c1-19(12-3-4-12)7-6-18-9-10-8-11(15)2-5-13(10)20-14(16)17/h2,5,8,12,14,18H,3-4,6-7,9H2,1H3. The Kier molecular flexibility index (Phi) is 5.74. The highest BCUT2D eigenvalue weighted by Crippen LogP contribution is 2.25. The third kappa shape index (κ3) is 5.00. The molecule has 0 radical (unpaired) electrons. The fraction of sp³-hybridized carbons (Fsp3) is 0.571. The van der Waals surface area contributed by atoms with Crippen molar-refractivity contribution in [3.8, 4) is 5.75 Å². The average molecular weight is 349 g/mol. The molecule has 1 aromatic rings. The van der Waals surface area contributed by atoms with E-state index in [4.69, 9.17) is 0 Å². The Hall–Kier alpha value is -0.720. The molecule has 1 aromatic carbocycles. The summed E-state index contributed by atoms with van der Waals surface area (Å²) in [6, 6.07) is 5.79. The molecule has 0 spiro atoms. The van der Waals surface area contributed by atoms with Crippen LogP contribution in [0.4, 0.5) is 8.78 Å². The first-order chi connectivity index (χ1) is 9.56. The lowest BCUT2D eigenvalue weighted by Crippen LogP contribution is -2.30. The van der Waals surface area contributed by atoms with E-state index >= 15 is 0 Å². The second kappa shape index (κ2) is 7.33. The number of nitrogens with zero attached hydrogens (tertiary/aromatic N) is 1. The number of halogens is 3. The first kappa shape index (κ1) is 15.7. The minimum atomic E-state index is -2.80. The summed E-state index contributed by atoms with van der Waals surface area (Å²) >= 11 is 3.34. The molecule has 0 atom stereocenters. The lowest BCUT2D eigenvalue weighted by molar-refractivity contribution is -0.0505. The normalized spacial score (nSPS) is 15.1. The Labute approximate surface area is 126 Å². The highest BCUT2D eigenvalue weighted by Gasteiger charge is 2.25. The van der Waals surface area contributed by atoms with Gasteiger partial charge in [0.2, 0.25) is 0 Å². The summed E-state index contributed by atoms with van der Waals surface area (Å²) in [6.07, 6.45) is 2.57. The van der Waals surface area contributed by atoms with E-state index in [9.17, 15) is 8.78 Å². The summed E-state index contributed by atoms with van der Waals surface area (Å²) in [5.41, 5.74) is 0.730. The molecule has 0 heterocycles. The van der Waals surface area contributed by atoms with Crippen LogP contribution in [0.3, 0.4) is 0 Å². The first-order valence-electron chi connectivity index (χ1n) is 6.70. The molecule has 0 saturated heterocycles. The molecule has 20 heavy (non-hydrogen) atoms. The van der Waals surface area contributed by atoms with Crippen LogP contribution in [-0.2, 0) is 6.54 Å². The second-order valence-electron chi connectivity index (χ2n) is 5.02. The van der Waals surface area contributed by atoms with Crippen LogP contribution in [0.25, 0.3) is 0 Å². The number of hydrogen-bond donors (Lipinski definition) is 1. The quantitative estimate of drug-likeness (QED) is 0.730. The molecule has 3 nitrogen and oxygen atoms in total. The van der Waals surface area contributed by atoms with E-state index < -0.39 is 6.61 Å². The van der Waals surface area contributed by atoms with Crippen molar-refractivity contribution in [1.82, 2.24) is 10.2 Å². The number of ether oxygens (including phenoxy) is 1. The van der Waals surface area contributed by atoms with Crippen LogP contribution in [0, 0.1) is 0 Å². The van der Waals surface area contributed by atoms with Crippen LogP contribution in [0.2, 0.25) is 0 Å². The molecule has 0 unspecified atom stereocenters. The molecule has 1 N–H and O–H groups in total. The SMILES string of the molecule is CN(CCNCc1cc(Br)ccc1OC(F)F)C1CC1. The van der Waals surface area contributed by atoms with Crippen LogP contribution < -0.4 is 10.1 Å². The van der Waals surface area contributed by atoms with Gasteiger partial charge >= 0.3 is 6.61 Å². The Bertz CT molecular complexity index is 441. The number of rotatable bonds is 8. The van der Waals surface area contributed by atoms with Gasteiger partial charge in [-0.05, 0) is 38.1 Å². The maximum absolute atomic E-state index is 12.3. The van der Waals surface area contributed by atoms with Gasteiger partial charge in [-0.15, -0.1) is 0 Å². The maximum Gasteiger partial charge on any atom is 0.387 e. The van der Waals surface area contributed by atoms with Gasteiger partial charge in [-0.2, -0.15) is 8.78 Å². The Balaban J connectivity index is 1.82. The van der Waals surface area contributed by atoms with Gasteiger partial charge in [0.25, 0.3) is 0 Å². The Morgan fingerprint density at radius 3 is 2.85 bits per heavy atom. The summed E-state index contributed by atoms with van der Waals surface area (Å²) in [6.45, 7) is -0.493. The smallest absolute Gasteiger partial charge is 0.387 e. The van der Waals surface area contributed by atoms with E-state index in [1.165, 1.54) is 12.8 Å². The molecule has 0 aromatic heterocycles. The molecule has 0 bridgehead atoms. The molecule has 1 aliphatic rings. The van der Waals surface area contributed by atoms with Crippen molar-refractivity contribution >= 4 is 15.9 Å². The minimum Gasteiger partial charge on any atom is -0.434 e. The molecular formula is C14H19BrF2N2O. The fourth-order valence-electron chi connectivity index (χ4n) is 2.07. The fourth-order valence-corrected chi connectivity index (χ4v) is 2.48. The summed E-state index contributed by atoms with van der Waals surface area (Å²) < 4.78 is 30.0. The lowest BCUT2D eigenvalue weighted by atomic mass is 10.2. The van der Waals surface area contributed by atoms with Crippen LogP contribution in [0.15, 0.2) is 22.7 Å². The zero-order valence-corrected chi connectivity index (χ0v) is 13.0. The minimum absolute atomic E-state index is 0.228. The predicted molar refractivity (Wildman–Crippen MR) is 78.1 cm³/mol. The largest absolute Gasteiger partial charge is 0.434 e. The van der Waals surface area contributed by atoms with E-state index in [0.717, 1.165) is 29.2 Å². The van der Waals surface area contributed by atoms with E-state index in [-0.39, 0.29) is 5.75 Å². The number of nitrogens with one attached hydrogen (secondary N) is 1. The molecule has 1 aliphatic carbocycles. The highest BCUT2D eigenvalue weighted by atomic mass is 79.9. The van der Waals surface area contributed by atoms with Crippen LogP contribution in [0.5, 0.6) is 5.75 Å². The van der Waals surface area contributed by atoms with E-state index in [0.29, 0.717) is 6.54 Å². The third-order valence-corrected chi connectivity index (χ3v) is 3.86. The molecule has 6 heteroatoms. The van der Waals surface area contributed by atoms with Crippen molar-refractivity contribution < 1.29 is 13.5 Å². The summed E-state index contributed by atoms with van der Waals surface area (Å²) in [5.74, 6) is 0.228.